The summed E-state index contributed by atoms with van der Waals surface area (Å²) in [6, 6.07) is 0. The van der Waals surface area contributed by atoms with Crippen LogP contribution in [0.3, 0.4) is 0 Å². The molecule has 1 rings (SSSR count). The molecule has 0 N–H and O–H groups in total. The first-order valence-corrected chi connectivity index (χ1v) is 3.48. The van der Waals surface area contributed by atoms with Crippen molar-refractivity contribution >= 4 is 6.21 Å². The lowest BCUT2D eigenvalue weighted by atomic mass is 10.5. The highest BCUT2D eigenvalue weighted by Gasteiger charge is 2.18. The zero-order valence-corrected chi connectivity index (χ0v) is 6.00. The van der Waals surface area contributed by atoms with E-state index in [2.05, 4.69) is 5.16 Å². The Morgan fingerprint density at radius 2 is 2.22 bits per heavy atom. The van der Waals surface area contributed by atoms with Crippen LogP contribution in [0.1, 0.15) is 26.7 Å². The number of oxime groups is 1. The van der Waals surface area contributed by atoms with Crippen LogP contribution in [0.15, 0.2) is 5.16 Å². The molecule has 0 spiro atoms. The summed E-state index contributed by atoms with van der Waals surface area (Å²) in [6.45, 7) is 3.95. The first kappa shape index (κ1) is 6.59. The molecule has 0 amide bonds. The Morgan fingerprint density at radius 1 is 1.56 bits per heavy atom. The average molecular weight is 127 g/mol. The van der Waals surface area contributed by atoms with Crippen LogP contribution in [0.25, 0.3) is 0 Å². The Labute approximate surface area is 55.9 Å². The van der Waals surface area contributed by atoms with Crippen LogP contribution >= 0.6 is 0 Å². The molecule has 1 aliphatic rings. The van der Waals surface area contributed by atoms with Crippen LogP contribution in [-0.4, -0.2) is 12.3 Å². The number of hydrogen-bond donors (Lipinski definition) is 0. The van der Waals surface area contributed by atoms with Gasteiger partial charge in [-0.05, 0) is 32.6 Å². The molecule has 2 nitrogen and oxygen atoms in total. The highest BCUT2D eigenvalue weighted by atomic mass is 16.6. The second-order valence-electron chi connectivity index (χ2n) is 2.75. The molecular weight excluding hydrogens is 114 g/mol. The van der Waals surface area contributed by atoms with Gasteiger partial charge in [0.25, 0.3) is 0 Å². The smallest absolute Gasteiger partial charge is 0.121 e. The zero-order valence-electron chi connectivity index (χ0n) is 6.00. The Bertz CT molecular complexity index is 105. The minimum absolute atomic E-state index is 0.222. The minimum atomic E-state index is 0.222. The SMILES string of the molecule is CC(C)ON=CC1CC1. The third-order valence-corrected chi connectivity index (χ3v) is 1.17. The molecule has 0 aromatic carbocycles. The summed E-state index contributed by atoms with van der Waals surface area (Å²) in [5, 5.41) is 3.81. The Kier molecular flexibility index (Phi) is 2.09. The average Bonchev–Trinajstić information content (AvgIpc) is 2.48. The van der Waals surface area contributed by atoms with Crippen LogP contribution in [-0.2, 0) is 4.84 Å². The van der Waals surface area contributed by atoms with Gasteiger partial charge >= 0.3 is 0 Å². The Hall–Kier alpha value is -0.530. The van der Waals surface area contributed by atoms with Crippen molar-refractivity contribution in [3.63, 3.8) is 0 Å². The van der Waals surface area contributed by atoms with Crippen molar-refractivity contribution in [2.45, 2.75) is 32.8 Å². The standard InChI is InChI=1S/C7H13NO/c1-6(2)9-8-5-7-3-4-7/h5-7H,3-4H2,1-2H3. The molecule has 0 bridgehead atoms. The predicted octanol–water partition coefficient (Wildman–Crippen LogP) is 1.81. The largest absolute Gasteiger partial charge is 0.393 e. The molecule has 0 aromatic heterocycles. The molecule has 52 valence electrons. The van der Waals surface area contributed by atoms with E-state index < -0.39 is 0 Å². The van der Waals surface area contributed by atoms with Crippen LogP contribution in [0.5, 0.6) is 0 Å². The van der Waals surface area contributed by atoms with Gasteiger partial charge in [0.2, 0.25) is 0 Å². The van der Waals surface area contributed by atoms with Crippen LogP contribution in [0.4, 0.5) is 0 Å². The van der Waals surface area contributed by atoms with E-state index in [-0.39, 0.29) is 6.10 Å². The van der Waals surface area contributed by atoms with E-state index in [4.69, 9.17) is 4.84 Å². The fourth-order valence-electron chi connectivity index (χ4n) is 0.488. The molecular formula is C7H13NO. The second kappa shape index (κ2) is 2.85. The molecule has 0 aliphatic heterocycles. The molecule has 1 aliphatic carbocycles. The zero-order chi connectivity index (χ0) is 6.69. The molecule has 0 unspecified atom stereocenters. The number of rotatable bonds is 3. The van der Waals surface area contributed by atoms with Gasteiger partial charge in [0.05, 0.1) is 0 Å². The maximum absolute atomic E-state index is 4.96. The summed E-state index contributed by atoms with van der Waals surface area (Å²) in [5.74, 6) is 0.726. The topological polar surface area (TPSA) is 21.6 Å². The second-order valence-corrected chi connectivity index (χ2v) is 2.75. The fourth-order valence-corrected chi connectivity index (χ4v) is 0.488. The van der Waals surface area contributed by atoms with Gasteiger partial charge in [0.15, 0.2) is 0 Å². The third-order valence-electron chi connectivity index (χ3n) is 1.17. The van der Waals surface area contributed by atoms with Gasteiger partial charge in [-0.25, -0.2) is 0 Å². The van der Waals surface area contributed by atoms with Crippen molar-refractivity contribution in [1.82, 2.24) is 0 Å². The van der Waals surface area contributed by atoms with E-state index in [0.29, 0.717) is 0 Å². The first-order valence-electron chi connectivity index (χ1n) is 3.48. The highest BCUT2D eigenvalue weighted by Crippen LogP contribution is 2.26. The molecule has 0 aromatic rings. The molecule has 9 heavy (non-hydrogen) atoms. The van der Waals surface area contributed by atoms with Gasteiger partial charge < -0.3 is 4.84 Å². The van der Waals surface area contributed by atoms with Crippen molar-refractivity contribution in [3.05, 3.63) is 0 Å². The predicted molar refractivity (Wildman–Crippen MR) is 37.4 cm³/mol. The summed E-state index contributed by atoms with van der Waals surface area (Å²) >= 11 is 0. The molecule has 1 saturated carbocycles. The van der Waals surface area contributed by atoms with Crippen molar-refractivity contribution in [1.29, 1.82) is 0 Å². The van der Waals surface area contributed by atoms with Gasteiger partial charge in [-0.1, -0.05) is 5.16 Å². The molecule has 0 saturated heterocycles. The van der Waals surface area contributed by atoms with E-state index in [1.807, 2.05) is 20.1 Å². The molecule has 0 heterocycles. The summed E-state index contributed by atoms with van der Waals surface area (Å²) in [5.41, 5.74) is 0. The van der Waals surface area contributed by atoms with Gasteiger partial charge in [0.1, 0.15) is 6.10 Å². The fraction of sp³-hybridized carbons (Fsp3) is 0.857. The molecule has 0 radical (unpaired) electrons. The normalized spacial score (nSPS) is 19.4. The van der Waals surface area contributed by atoms with E-state index in [1.165, 1.54) is 12.8 Å². The maximum atomic E-state index is 4.96. The quantitative estimate of drug-likeness (QED) is 0.418. The summed E-state index contributed by atoms with van der Waals surface area (Å²) < 4.78 is 0. The van der Waals surface area contributed by atoms with E-state index in [9.17, 15) is 0 Å². The van der Waals surface area contributed by atoms with Gasteiger partial charge in [-0.2, -0.15) is 0 Å². The van der Waals surface area contributed by atoms with Crippen molar-refractivity contribution in [3.8, 4) is 0 Å². The van der Waals surface area contributed by atoms with E-state index in [0.717, 1.165) is 5.92 Å². The Morgan fingerprint density at radius 3 is 2.67 bits per heavy atom. The monoisotopic (exact) mass is 127 g/mol. The van der Waals surface area contributed by atoms with Gasteiger partial charge in [0, 0.05) is 6.21 Å². The lowest BCUT2D eigenvalue weighted by molar-refractivity contribution is 0.0866. The molecule has 1 fully saturated rings. The first-order chi connectivity index (χ1) is 4.29. The van der Waals surface area contributed by atoms with Crippen LogP contribution in [0, 0.1) is 5.92 Å². The van der Waals surface area contributed by atoms with Gasteiger partial charge in [-0.15, -0.1) is 0 Å². The molecule has 2 heteroatoms. The highest BCUT2D eigenvalue weighted by molar-refractivity contribution is 5.62. The van der Waals surface area contributed by atoms with E-state index >= 15 is 0 Å². The summed E-state index contributed by atoms with van der Waals surface area (Å²) in [7, 11) is 0. The third kappa shape index (κ3) is 3.12. The van der Waals surface area contributed by atoms with E-state index in [1.54, 1.807) is 0 Å². The lowest BCUT2D eigenvalue weighted by Gasteiger charge is -1.98. The Balaban J connectivity index is 2.01. The minimum Gasteiger partial charge on any atom is -0.393 e. The van der Waals surface area contributed by atoms with Crippen LogP contribution in [0.2, 0.25) is 0 Å². The summed E-state index contributed by atoms with van der Waals surface area (Å²) in [6.07, 6.45) is 4.72. The number of nitrogens with zero attached hydrogens (tertiary/aromatic N) is 1. The lowest BCUT2D eigenvalue weighted by Crippen LogP contribution is -1.95. The van der Waals surface area contributed by atoms with Crippen molar-refractivity contribution in [2.24, 2.45) is 11.1 Å². The summed E-state index contributed by atoms with van der Waals surface area (Å²) in [4.78, 5) is 4.96. The van der Waals surface area contributed by atoms with Crippen molar-refractivity contribution in [2.75, 3.05) is 0 Å². The molecule has 0 atom stereocenters. The maximum Gasteiger partial charge on any atom is 0.121 e. The van der Waals surface area contributed by atoms with Gasteiger partial charge in [-0.3, -0.25) is 0 Å². The van der Waals surface area contributed by atoms with Crippen molar-refractivity contribution < 1.29 is 4.84 Å². The van der Waals surface area contributed by atoms with Crippen LogP contribution < -0.4 is 0 Å². The number of hydrogen-bond acceptors (Lipinski definition) is 2.